The lowest BCUT2D eigenvalue weighted by Gasteiger charge is -2.09. The Bertz CT molecular complexity index is 533. The van der Waals surface area contributed by atoms with Gasteiger partial charge in [-0.15, -0.1) is 0 Å². The van der Waals surface area contributed by atoms with Crippen molar-refractivity contribution >= 4 is 54.5 Å². The fourth-order valence-electron chi connectivity index (χ4n) is 1.09. The molecule has 4 nitrogen and oxygen atoms in total. The number of hydrogen-bond donors (Lipinski definition) is 0. The van der Waals surface area contributed by atoms with E-state index in [0.29, 0.717) is 20.8 Å². The first-order valence-electron chi connectivity index (χ1n) is 5.07. The van der Waals surface area contributed by atoms with Gasteiger partial charge in [-0.1, -0.05) is 34.8 Å². The zero-order valence-electron chi connectivity index (χ0n) is 9.54. The van der Waals surface area contributed by atoms with E-state index in [1.54, 1.807) is 0 Å². The number of halogens is 4. The third-order valence-corrected chi connectivity index (χ3v) is 4.07. The van der Waals surface area contributed by atoms with Gasteiger partial charge in [0.05, 0.1) is 34.0 Å². The predicted octanol–water partition coefficient (Wildman–Crippen LogP) is 3.61. The van der Waals surface area contributed by atoms with E-state index in [4.69, 9.17) is 55.0 Å². The van der Waals surface area contributed by atoms with Crippen molar-refractivity contribution < 1.29 is 17.9 Å². The predicted molar refractivity (Wildman–Crippen MR) is 77.4 cm³/mol. The van der Waals surface area contributed by atoms with Gasteiger partial charge in [0.2, 0.25) is 9.05 Å². The molecule has 1 aromatic carbocycles. The zero-order valence-corrected chi connectivity index (χ0v) is 13.4. The van der Waals surface area contributed by atoms with E-state index in [-0.39, 0.29) is 25.6 Å². The van der Waals surface area contributed by atoms with Gasteiger partial charge >= 0.3 is 0 Å². The smallest absolute Gasteiger partial charge is 0.234 e. The minimum atomic E-state index is -3.53. The lowest BCUT2D eigenvalue weighted by atomic mass is 10.3. The van der Waals surface area contributed by atoms with E-state index in [2.05, 4.69) is 0 Å². The summed E-state index contributed by atoms with van der Waals surface area (Å²) in [6.07, 6.45) is 0. The molecular weight excluding hydrogens is 358 g/mol. The summed E-state index contributed by atoms with van der Waals surface area (Å²) in [4.78, 5) is 0. The highest BCUT2D eigenvalue weighted by molar-refractivity contribution is 8.13. The molecule has 0 saturated heterocycles. The Balaban J connectivity index is 2.32. The van der Waals surface area contributed by atoms with Crippen LogP contribution in [0.15, 0.2) is 12.1 Å². The van der Waals surface area contributed by atoms with Gasteiger partial charge in [0.1, 0.15) is 12.4 Å². The van der Waals surface area contributed by atoms with Gasteiger partial charge in [-0.05, 0) is 6.07 Å². The molecule has 0 aliphatic heterocycles. The minimum absolute atomic E-state index is 0.00427. The summed E-state index contributed by atoms with van der Waals surface area (Å²) in [6.45, 7) is 0.396. The molecule has 0 aromatic heterocycles. The largest absolute Gasteiger partial charge is 0.490 e. The molecule has 9 heteroatoms. The van der Waals surface area contributed by atoms with Crippen LogP contribution in [0, 0.1) is 0 Å². The van der Waals surface area contributed by atoms with Crippen LogP contribution in [0.4, 0.5) is 0 Å². The van der Waals surface area contributed by atoms with Gasteiger partial charge in [-0.2, -0.15) is 0 Å². The summed E-state index contributed by atoms with van der Waals surface area (Å²) in [7, 11) is 1.48. The van der Waals surface area contributed by atoms with Crippen LogP contribution >= 0.6 is 45.5 Å². The molecule has 1 aromatic rings. The zero-order chi connectivity index (χ0) is 14.5. The van der Waals surface area contributed by atoms with Crippen molar-refractivity contribution in [3.63, 3.8) is 0 Å². The van der Waals surface area contributed by atoms with Gasteiger partial charge in [-0.3, -0.25) is 0 Å². The third kappa shape index (κ3) is 6.88. The Hall–Kier alpha value is 0.0900. The quantitative estimate of drug-likeness (QED) is 0.419. The van der Waals surface area contributed by atoms with Crippen LogP contribution in [0.25, 0.3) is 0 Å². The van der Waals surface area contributed by atoms with Crippen molar-refractivity contribution in [1.82, 2.24) is 0 Å². The van der Waals surface area contributed by atoms with E-state index < -0.39 is 9.05 Å². The first kappa shape index (κ1) is 17.1. The maximum Gasteiger partial charge on any atom is 0.234 e. The molecule has 0 saturated carbocycles. The van der Waals surface area contributed by atoms with Crippen LogP contribution in [0.2, 0.25) is 15.1 Å². The standard InChI is InChI=1S/C10H10Cl4O4S/c11-7-5-9(13)10(6-8(7)12)18-2-1-17-3-4-19(14,15)16/h5-6H,1-4H2. The van der Waals surface area contributed by atoms with Gasteiger partial charge in [0.15, 0.2) is 0 Å². The topological polar surface area (TPSA) is 52.6 Å². The van der Waals surface area contributed by atoms with Crippen molar-refractivity contribution in [2.45, 2.75) is 0 Å². The SMILES string of the molecule is O=S(=O)(Cl)CCOCCOc1cc(Cl)c(Cl)cc1Cl. The van der Waals surface area contributed by atoms with Crippen molar-refractivity contribution in [2.75, 3.05) is 25.6 Å². The van der Waals surface area contributed by atoms with Crippen molar-refractivity contribution in [3.05, 3.63) is 27.2 Å². The second-order valence-corrected chi connectivity index (χ2v) is 7.52. The lowest BCUT2D eigenvalue weighted by Crippen LogP contribution is -2.12. The summed E-state index contributed by atoms with van der Waals surface area (Å²) >= 11 is 17.5. The molecule has 0 bridgehead atoms. The number of benzene rings is 1. The summed E-state index contributed by atoms with van der Waals surface area (Å²) in [5.74, 6) is 0.131. The monoisotopic (exact) mass is 366 g/mol. The average molecular weight is 368 g/mol. The van der Waals surface area contributed by atoms with E-state index in [1.807, 2.05) is 0 Å². The molecule has 0 atom stereocenters. The van der Waals surface area contributed by atoms with Crippen LogP contribution in [-0.4, -0.2) is 34.0 Å². The van der Waals surface area contributed by atoms with E-state index in [9.17, 15) is 8.42 Å². The van der Waals surface area contributed by atoms with Crippen LogP contribution < -0.4 is 4.74 Å². The molecule has 1 rings (SSSR count). The Kier molecular flexibility index (Phi) is 7.00. The van der Waals surface area contributed by atoms with Crippen LogP contribution in [0.5, 0.6) is 5.75 Å². The highest BCUT2D eigenvalue weighted by Crippen LogP contribution is 2.33. The molecule has 0 fully saturated rings. The Labute approximate surface area is 130 Å². The van der Waals surface area contributed by atoms with Crippen molar-refractivity contribution in [2.24, 2.45) is 0 Å². The van der Waals surface area contributed by atoms with E-state index in [1.165, 1.54) is 12.1 Å². The summed E-state index contributed by atoms with van der Waals surface area (Å²) in [6, 6.07) is 2.97. The van der Waals surface area contributed by atoms with Gasteiger partial charge in [0, 0.05) is 16.7 Å². The Morgan fingerprint density at radius 1 is 0.947 bits per heavy atom. The molecule has 0 aliphatic rings. The molecule has 0 amide bonds. The molecule has 0 aliphatic carbocycles. The normalized spacial score (nSPS) is 11.6. The summed E-state index contributed by atoms with van der Waals surface area (Å²) in [5.41, 5.74) is 0. The summed E-state index contributed by atoms with van der Waals surface area (Å²) in [5, 5.41) is 0.996. The lowest BCUT2D eigenvalue weighted by molar-refractivity contribution is 0.111. The van der Waals surface area contributed by atoms with E-state index in [0.717, 1.165) is 0 Å². The second-order valence-electron chi connectivity index (χ2n) is 3.40. The molecule has 108 valence electrons. The molecule has 0 radical (unpaired) electrons. The molecule has 0 heterocycles. The van der Waals surface area contributed by atoms with Gasteiger partial charge in [-0.25, -0.2) is 8.42 Å². The number of rotatable bonds is 7. The Morgan fingerprint density at radius 2 is 1.58 bits per heavy atom. The van der Waals surface area contributed by atoms with Crippen molar-refractivity contribution in [3.8, 4) is 5.75 Å². The van der Waals surface area contributed by atoms with Gasteiger partial charge < -0.3 is 9.47 Å². The van der Waals surface area contributed by atoms with Crippen LogP contribution in [-0.2, 0) is 13.8 Å². The molecule has 0 N–H and O–H groups in total. The first-order valence-corrected chi connectivity index (χ1v) is 8.68. The van der Waals surface area contributed by atoms with Gasteiger partial charge in [0.25, 0.3) is 0 Å². The van der Waals surface area contributed by atoms with E-state index >= 15 is 0 Å². The Morgan fingerprint density at radius 3 is 2.21 bits per heavy atom. The fourth-order valence-corrected chi connectivity index (χ4v) is 2.18. The second kappa shape index (κ2) is 7.76. The molecule has 0 unspecified atom stereocenters. The molecule has 19 heavy (non-hydrogen) atoms. The first-order chi connectivity index (χ1) is 8.79. The molecular formula is C10H10Cl4O4S. The summed E-state index contributed by atoms with van der Waals surface area (Å²) < 4.78 is 31.6. The highest BCUT2D eigenvalue weighted by atomic mass is 35.7. The van der Waals surface area contributed by atoms with Crippen LogP contribution in [0.3, 0.4) is 0 Å². The highest BCUT2D eigenvalue weighted by Gasteiger charge is 2.07. The maximum absolute atomic E-state index is 10.6. The fraction of sp³-hybridized carbons (Fsp3) is 0.400. The molecule has 0 spiro atoms. The number of hydrogen-bond acceptors (Lipinski definition) is 4. The minimum Gasteiger partial charge on any atom is -0.490 e. The average Bonchev–Trinajstić information content (AvgIpc) is 2.28. The number of ether oxygens (including phenoxy) is 2. The third-order valence-electron chi connectivity index (χ3n) is 1.93. The van der Waals surface area contributed by atoms with Crippen LogP contribution in [0.1, 0.15) is 0 Å². The maximum atomic E-state index is 10.6. The van der Waals surface area contributed by atoms with Crippen molar-refractivity contribution in [1.29, 1.82) is 0 Å².